The number of anilines is 1. The molecule has 0 aliphatic carbocycles. The van der Waals surface area contributed by atoms with E-state index < -0.39 is 4.92 Å². The molecule has 1 aromatic carbocycles. The zero-order chi connectivity index (χ0) is 15.4. The van der Waals surface area contributed by atoms with E-state index in [4.69, 9.17) is 10.6 Å². The monoisotopic (exact) mass is 352 g/mol. The van der Waals surface area contributed by atoms with E-state index in [0.717, 1.165) is 0 Å². The van der Waals surface area contributed by atoms with Crippen LogP contribution in [0.5, 0.6) is 5.75 Å². The molecule has 7 nitrogen and oxygen atoms in total. The van der Waals surface area contributed by atoms with Crippen molar-refractivity contribution in [2.24, 2.45) is 5.84 Å². The molecule has 8 heteroatoms. The van der Waals surface area contributed by atoms with Crippen molar-refractivity contribution in [3.05, 3.63) is 56.2 Å². The summed E-state index contributed by atoms with van der Waals surface area (Å²) < 4.78 is 6.21. The van der Waals surface area contributed by atoms with E-state index in [1.807, 2.05) is 0 Å². The molecule has 0 fully saturated rings. The number of benzene rings is 1. The third-order valence-electron chi connectivity index (χ3n) is 2.74. The quantitative estimate of drug-likeness (QED) is 0.487. The van der Waals surface area contributed by atoms with Gasteiger partial charge in [0, 0.05) is 10.5 Å². The van der Waals surface area contributed by atoms with Gasteiger partial charge in [-0.25, -0.2) is 10.8 Å². The fourth-order valence-electron chi connectivity index (χ4n) is 1.82. The minimum absolute atomic E-state index is 0.0880. The molecule has 1 heterocycles. The van der Waals surface area contributed by atoms with Crippen LogP contribution >= 0.6 is 15.9 Å². The first kappa shape index (κ1) is 15.2. The van der Waals surface area contributed by atoms with Gasteiger partial charge in [0.2, 0.25) is 5.75 Å². The highest BCUT2D eigenvalue weighted by Gasteiger charge is 2.19. The van der Waals surface area contributed by atoms with Crippen LogP contribution in [0.1, 0.15) is 11.3 Å². The number of hydrogen-bond donors (Lipinski definition) is 2. The third kappa shape index (κ3) is 3.67. The number of nitro groups is 1. The lowest BCUT2D eigenvalue weighted by Crippen LogP contribution is -2.10. The van der Waals surface area contributed by atoms with Crippen LogP contribution in [-0.4, -0.2) is 9.91 Å². The number of rotatable bonds is 5. The molecule has 0 spiro atoms. The van der Waals surface area contributed by atoms with Crippen LogP contribution < -0.4 is 16.0 Å². The van der Waals surface area contributed by atoms with Gasteiger partial charge in [0.15, 0.2) is 0 Å². The molecule has 0 aliphatic rings. The standard InChI is InChI=1S/C13H13BrN4O3/c1-8-5-9(14)6-11(18(19)20)13(8)21-7-10-3-2-4-12(16-10)17-15/h2-6H,7,15H2,1H3,(H,16,17). The molecule has 0 atom stereocenters. The number of nitro benzene ring substituents is 1. The minimum Gasteiger partial charge on any atom is -0.480 e. The number of nitrogen functional groups attached to an aromatic ring is 1. The molecule has 1 aromatic heterocycles. The number of aromatic nitrogens is 1. The topological polar surface area (TPSA) is 103 Å². The fraction of sp³-hybridized carbons (Fsp3) is 0.154. The number of nitrogens with zero attached hydrogens (tertiary/aromatic N) is 2. The average Bonchev–Trinajstić information content (AvgIpc) is 2.45. The highest BCUT2D eigenvalue weighted by molar-refractivity contribution is 9.10. The van der Waals surface area contributed by atoms with Crippen LogP contribution in [0.4, 0.5) is 11.5 Å². The third-order valence-corrected chi connectivity index (χ3v) is 3.19. The SMILES string of the molecule is Cc1cc(Br)cc([N+](=O)[O-])c1OCc1cccc(NN)n1. The zero-order valence-electron chi connectivity index (χ0n) is 11.2. The van der Waals surface area contributed by atoms with E-state index in [0.29, 0.717) is 21.5 Å². The largest absolute Gasteiger partial charge is 0.480 e. The molecule has 0 saturated heterocycles. The van der Waals surface area contributed by atoms with Crippen molar-refractivity contribution in [2.45, 2.75) is 13.5 Å². The first-order chi connectivity index (χ1) is 10.0. The van der Waals surface area contributed by atoms with Gasteiger partial charge in [-0.2, -0.15) is 0 Å². The number of nitrogens with two attached hydrogens (primary N) is 1. The van der Waals surface area contributed by atoms with E-state index in [1.54, 1.807) is 31.2 Å². The fourth-order valence-corrected chi connectivity index (χ4v) is 2.38. The molecular formula is C13H13BrN4O3. The average molecular weight is 353 g/mol. The van der Waals surface area contributed by atoms with Gasteiger partial charge in [0.05, 0.1) is 10.6 Å². The summed E-state index contributed by atoms with van der Waals surface area (Å²) in [6.45, 7) is 1.86. The summed E-state index contributed by atoms with van der Waals surface area (Å²) in [6, 6.07) is 8.39. The molecule has 0 bridgehead atoms. The summed E-state index contributed by atoms with van der Waals surface area (Å²) in [7, 11) is 0. The summed E-state index contributed by atoms with van der Waals surface area (Å²) in [4.78, 5) is 14.8. The van der Waals surface area contributed by atoms with E-state index in [9.17, 15) is 10.1 Å². The maximum Gasteiger partial charge on any atom is 0.312 e. The molecular weight excluding hydrogens is 340 g/mol. The maximum absolute atomic E-state index is 11.1. The van der Waals surface area contributed by atoms with E-state index in [-0.39, 0.29) is 18.0 Å². The van der Waals surface area contributed by atoms with Crippen molar-refractivity contribution in [3.8, 4) is 5.75 Å². The molecule has 110 valence electrons. The lowest BCUT2D eigenvalue weighted by Gasteiger charge is -2.10. The van der Waals surface area contributed by atoms with E-state index in [1.165, 1.54) is 6.07 Å². The molecule has 0 aliphatic heterocycles. The van der Waals surface area contributed by atoms with Crippen molar-refractivity contribution < 1.29 is 9.66 Å². The Bertz CT molecular complexity index is 678. The van der Waals surface area contributed by atoms with Gasteiger partial charge >= 0.3 is 5.69 Å². The summed E-state index contributed by atoms with van der Waals surface area (Å²) in [5, 5.41) is 11.1. The Morgan fingerprint density at radius 3 is 2.90 bits per heavy atom. The van der Waals surface area contributed by atoms with Gasteiger partial charge in [-0.15, -0.1) is 0 Å². The molecule has 2 rings (SSSR count). The van der Waals surface area contributed by atoms with Crippen molar-refractivity contribution in [1.29, 1.82) is 0 Å². The lowest BCUT2D eigenvalue weighted by molar-refractivity contribution is -0.386. The molecule has 2 aromatic rings. The Hall–Kier alpha value is -2.19. The van der Waals surface area contributed by atoms with Gasteiger partial charge in [-0.05, 0) is 30.7 Å². The Morgan fingerprint density at radius 2 is 2.24 bits per heavy atom. The zero-order valence-corrected chi connectivity index (χ0v) is 12.8. The number of pyridine rings is 1. The van der Waals surface area contributed by atoms with Gasteiger partial charge in [0.25, 0.3) is 0 Å². The second-order valence-corrected chi connectivity index (χ2v) is 5.19. The van der Waals surface area contributed by atoms with Gasteiger partial charge < -0.3 is 10.2 Å². The van der Waals surface area contributed by atoms with Gasteiger partial charge in [0.1, 0.15) is 12.4 Å². The lowest BCUT2D eigenvalue weighted by atomic mass is 10.2. The number of ether oxygens (including phenoxy) is 1. The number of hydrazine groups is 1. The Morgan fingerprint density at radius 1 is 1.48 bits per heavy atom. The number of halogens is 1. The molecule has 0 radical (unpaired) electrons. The van der Waals surface area contributed by atoms with Crippen LogP contribution in [0.25, 0.3) is 0 Å². The predicted molar refractivity (Wildman–Crippen MR) is 81.9 cm³/mol. The molecule has 21 heavy (non-hydrogen) atoms. The number of hydrogen-bond acceptors (Lipinski definition) is 6. The molecule has 0 unspecified atom stereocenters. The minimum atomic E-state index is -0.474. The maximum atomic E-state index is 11.1. The number of aryl methyl sites for hydroxylation is 1. The van der Waals surface area contributed by atoms with Crippen molar-refractivity contribution in [1.82, 2.24) is 4.98 Å². The highest BCUT2D eigenvalue weighted by Crippen LogP contribution is 2.34. The second-order valence-electron chi connectivity index (χ2n) is 4.28. The van der Waals surface area contributed by atoms with Gasteiger partial charge in [-0.3, -0.25) is 10.1 Å². The van der Waals surface area contributed by atoms with Crippen LogP contribution in [0, 0.1) is 17.0 Å². The van der Waals surface area contributed by atoms with Crippen molar-refractivity contribution in [2.75, 3.05) is 5.43 Å². The normalized spacial score (nSPS) is 10.2. The predicted octanol–water partition coefficient (Wildman–Crippen LogP) is 2.93. The van der Waals surface area contributed by atoms with E-state index >= 15 is 0 Å². The Kier molecular flexibility index (Phi) is 4.71. The van der Waals surface area contributed by atoms with Crippen LogP contribution in [0.15, 0.2) is 34.8 Å². The summed E-state index contributed by atoms with van der Waals surface area (Å²) >= 11 is 3.24. The van der Waals surface area contributed by atoms with Crippen molar-refractivity contribution in [3.63, 3.8) is 0 Å². The molecule has 0 saturated carbocycles. The van der Waals surface area contributed by atoms with Crippen LogP contribution in [0.3, 0.4) is 0 Å². The molecule has 0 amide bonds. The second kappa shape index (κ2) is 6.51. The van der Waals surface area contributed by atoms with Gasteiger partial charge in [-0.1, -0.05) is 22.0 Å². The first-order valence-electron chi connectivity index (χ1n) is 6.01. The summed E-state index contributed by atoms with van der Waals surface area (Å²) in [5.74, 6) is 6.01. The van der Waals surface area contributed by atoms with Crippen LogP contribution in [0.2, 0.25) is 0 Å². The first-order valence-corrected chi connectivity index (χ1v) is 6.80. The number of nitrogens with one attached hydrogen (secondary N) is 1. The molecule has 3 N–H and O–H groups in total. The van der Waals surface area contributed by atoms with E-state index in [2.05, 4.69) is 26.3 Å². The summed E-state index contributed by atoms with van der Waals surface area (Å²) in [5.41, 5.74) is 3.63. The van der Waals surface area contributed by atoms with Crippen molar-refractivity contribution >= 4 is 27.4 Å². The summed E-state index contributed by atoms with van der Waals surface area (Å²) in [6.07, 6.45) is 0. The smallest absolute Gasteiger partial charge is 0.312 e. The Labute approximate surface area is 129 Å². The Balaban J connectivity index is 2.25. The van der Waals surface area contributed by atoms with Crippen LogP contribution in [-0.2, 0) is 6.61 Å². The highest BCUT2D eigenvalue weighted by atomic mass is 79.9.